The molecule has 0 bridgehead atoms. The zero-order valence-electron chi connectivity index (χ0n) is 9.82. The van der Waals surface area contributed by atoms with Gasteiger partial charge in [-0.15, -0.1) is 0 Å². The molecule has 4 N–H and O–H groups in total. The van der Waals surface area contributed by atoms with Crippen LogP contribution in [0.5, 0.6) is 0 Å². The molecule has 1 heterocycles. The molecule has 0 saturated carbocycles. The molecular weight excluding hydrogens is 192 g/mol. The van der Waals surface area contributed by atoms with E-state index in [0.717, 1.165) is 5.69 Å². The van der Waals surface area contributed by atoms with Crippen molar-refractivity contribution in [3.05, 3.63) is 18.2 Å². The largest absolute Gasteiger partial charge is 1.00 e. The summed E-state index contributed by atoms with van der Waals surface area (Å²) in [5, 5.41) is 8.42. The maximum Gasteiger partial charge on any atom is 1.00 e. The van der Waals surface area contributed by atoms with Crippen LogP contribution in [0, 0.1) is 0 Å². The first-order valence-electron chi connectivity index (χ1n) is 3.16. The molecule has 13 heavy (non-hydrogen) atoms. The maximum atomic E-state index is 10.3. The van der Waals surface area contributed by atoms with E-state index >= 15 is 0 Å². The molecule has 0 fully saturated rings. The van der Waals surface area contributed by atoms with Gasteiger partial charge in [0.25, 0.3) is 0 Å². The van der Waals surface area contributed by atoms with Crippen molar-refractivity contribution in [3.63, 3.8) is 0 Å². The third-order valence-corrected chi connectivity index (χ3v) is 1.31. The van der Waals surface area contributed by atoms with Crippen LogP contribution in [-0.4, -0.2) is 27.1 Å². The summed E-state index contributed by atoms with van der Waals surface area (Å²) in [5.74, 6) is -1.00. The summed E-state index contributed by atoms with van der Waals surface area (Å²) in [5.41, 5.74) is 6.00. The predicted molar refractivity (Wildman–Crippen MR) is 40.1 cm³/mol. The standard InChI is InChI=1S/C6H9N3O2.2Na.2H/c7-5(6(10)11)1-4-2-8-3-9-4;;;;/h2-3,5H,1,7H2,(H,8,9)(H,10,11);;;;/q;2*+1;2*-1/t5-;;;;/m0..../s1. The number of hydrogen-bond donors (Lipinski definition) is 3. The SMILES string of the molecule is N[C@@H](Cc1cnc[nH]1)C(=O)O.[H-].[H-].[Na+].[Na+]. The summed E-state index contributed by atoms with van der Waals surface area (Å²) in [6, 6.07) is -0.851. The van der Waals surface area contributed by atoms with E-state index < -0.39 is 12.0 Å². The quantitative estimate of drug-likeness (QED) is 0.426. The van der Waals surface area contributed by atoms with Crippen LogP contribution in [0.2, 0.25) is 0 Å². The van der Waals surface area contributed by atoms with Crippen LogP contribution in [0.1, 0.15) is 8.55 Å². The Bertz CT molecular complexity index is 249. The molecule has 0 aliphatic heterocycles. The van der Waals surface area contributed by atoms with Gasteiger partial charge in [0.15, 0.2) is 0 Å². The van der Waals surface area contributed by atoms with Crippen molar-refractivity contribution in [1.82, 2.24) is 9.97 Å². The van der Waals surface area contributed by atoms with Crippen molar-refractivity contribution in [2.24, 2.45) is 5.73 Å². The van der Waals surface area contributed by atoms with E-state index in [1.165, 1.54) is 6.33 Å². The average Bonchev–Trinajstić information content (AvgIpc) is 2.39. The molecule has 0 spiro atoms. The molecule has 0 aliphatic rings. The molecule has 0 aromatic carbocycles. The van der Waals surface area contributed by atoms with Gasteiger partial charge in [-0.1, -0.05) is 0 Å². The zero-order valence-corrected chi connectivity index (χ0v) is 11.8. The van der Waals surface area contributed by atoms with E-state index in [1.807, 2.05) is 0 Å². The van der Waals surface area contributed by atoms with Crippen molar-refractivity contribution in [2.75, 3.05) is 0 Å². The molecule has 0 radical (unpaired) electrons. The van der Waals surface area contributed by atoms with E-state index in [0.29, 0.717) is 0 Å². The molecule has 0 amide bonds. The van der Waals surface area contributed by atoms with E-state index in [4.69, 9.17) is 10.8 Å². The second kappa shape index (κ2) is 7.99. The van der Waals surface area contributed by atoms with E-state index in [1.54, 1.807) is 6.20 Å². The third-order valence-electron chi connectivity index (χ3n) is 1.31. The fourth-order valence-electron chi connectivity index (χ4n) is 0.721. The van der Waals surface area contributed by atoms with E-state index in [9.17, 15) is 4.79 Å². The number of nitrogens with zero attached hydrogens (tertiary/aromatic N) is 1. The summed E-state index contributed by atoms with van der Waals surface area (Å²) < 4.78 is 0. The summed E-state index contributed by atoms with van der Waals surface area (Å²) in [6.07, 6.45) is 3.34. The van der Waals surface area contributed by atoms with Crippen LogP contribution in [0.3, 0.4) is 0 Å². The van der Waals surface area contributed by atoms with Crippen molar-refractivity contribution in [2.45, 2.75) is 12.5 Å². The number of imidazole rings is 1. The summed E-state index contributed by atoms with van der Waals surface area (Å²) >= 11 is 0. The van der Waals surface area contributed by atoms with Gasteiger partial charge in [0.2, 0.25) is 0 Å². The normalized spacial score (nSPS) is 10.8. The van der Waals surface area contributed by atoms with Gasteiger partial charge in [-0.05, 0) is 0 Å². The number of nitrogens with two attached hydrogens (primary N) is 1. The number of nitrogens with one attached hydrogen (secondary N) is 1. The topological polar surface area (TPSA) is 92.0 Å². The van der Waals surface area contributed by atoms with Crippen LogP contribution < -0.4 is 64.8 Å². The monoisotopic (exact) mass is 203 g/mol. The first-order valence-corrected chi connectivity index (χ1v) is 3.16. The molecular formula is C6H11N3Na2O2. The van der Waals surface area contributed by atoms with Crippen molar-refractivity contribution >= 4 is 5.97 Å². The molecule has 1 atom stereocenters. The second-order valence-electron chi connectivity index (χ2n) is 2.23. The fraction of sp³-hybridized carbons (Fsp3) is 0.333. The van der Waals surface area contributed by atoms with Crippen LogP contribution in [0.15, 0.2) is 12.5 Å². The Morgan fingerprint density at radius 2 is 2.38 bits per heavy atom. The molecule has 7 heteroatoms. The van der Waals surface area contributed by atoms with Gasteiger partial charge in [-0.2, -0.15) is 0 Å². The molecule has 5 nitrogen and oxygen atoms in total. The van der Waals surface area contributed by atoms with Gasteiger partial charge in [0.05, 0.1) is 6.33 Å². The molecule has 0 aliphatic carbocycles. The predicted octanol–water partition coefficient (Wildman–Crippen LogP) is -6.40. The minimum atomic E-state index is -1.00. The number of H-pyrrole nitrogens is 1. The Morgan fingerprint density at radius 3 is 2.77 bits per heavy atom. The number of carboxylic acids is 1. The number of aliphatic carboxylic acids is 1. The molecule has 1 aromatic heterocycles. The van der Waals surface area contributed by atoms with Gasteiger partial charge in [-0.25, -0.2) is 4.98 Å². The van der Waals surface area contributed by atoms with Crippen LogP contribution in [0.25, 0.3) is 0 Å². The Labute approximate surface area is 123 Å². The van der Waals surface area contributed by atoms with Gasteiger partial charge >= 0.3 is 65.1 Å². The van der Waals surface area contributed by atoms with Crippen LogP contribution >= 0.6 is 0 Å². The first-order chi connectivity index (χ1) is 5.20. The Kier molecular flexibility index (Phi) is 9.89. The van der Waals surface area contributed by atoms with Gasteiger partial charge < -0.3 is 18.7 Å². The van der Waals surface area contributed by atoms with Crippen LogP contribution in [0.4, 0.5) is 0 Å². The van der Waals surface area contributed by atoms with Gasteiger partial charge in [0, 0.05) is 18.3 Å². The van der Waals surface area contributed by atoms with Crippen molar-refractivity contribution < 1.29 is 71.9 Å². The zero-order chi connectivity index (χ0) is 8.27. The summed E-state index contributed by atoms with van der Waals surface area (Å²) in [4.78, 5) is 16.8. The minimum Gasteiger partial charge on any atom is -1.00 e. The van der Waals surface area contributed by atoms with Gasteiger partial charge in [0.1, 0.15) is 6.04 Å². The van der Waals surface area contributed by atoms with Gasteiger partial charge in [-0.3, -0.25) is 4.79 Å². The number of hydrogen-bond acceptors (Lipinski definition) is 3. The maximum absolute atomic E-state index is 10.3. The number of carboxylic acid groups (broad SMARTS) is 1. The first kappa shape index (κ1) is 16.1. The van der Waals surface area contributed by atoms with Crippen molar-refractivity contribution in [3.8, 4) is 0 Å². The van der Waals surface area contributed by atoms with E-state index in [2.05, 4.69) is 9.97 Å². The second-order valence-corrected chi connectivity index (χ2v) is 2.23. The van der Waals surface area contributed by atoms with Crippen LogP contribution in [-0.2, 0) is 11.2 Å². The van der Waals surface area contributed by atoms with Crippen molar-refractivity contribution in [1.29, 1.82) is 0 Å². The smallest absolute Gasteiger partial charge is 1.00 e. The third kappa shape index (κ3) is 5.85. The minimum absolute atomic E-state index is 0. The molecule has 1 aromatic rings. The van der Waals surface area contributed by atoms with E-state index in [-0.39, 0.29) is 68.4 Å². The Balaban J connectivity index is -0.000000151. The number of aromatic nitrogens is 2. The molecule has 0 saturated heterocycles. The molecule has 0 unspecified atom stereocenters. The number of carbonyl (C=O) groups is 1. The molecule has 64 valence electrons. The Morgan fingerprint density at radius 1 is 1.77 bits per heavy atom. The number of rotatable bonds is 3. The fourth-order valence-corrected chi connectivity index (χ4v) is 0.721. The molecule has 1 rings (SSSR count). The summed E-state index contributed by atoms with van der Waals surface area (Å²) in [7, 11) is 0. The average molecular weight is 203 g/mol. The number of aromatic amines is 1. The summed E-state index contributed by atoms with van der Waals surface area (Å²) in [6.45, 7) is 0. The Hall–Kier alpha value is 0.640.